The first kappa shape index (κ1) is 21.9. The van der Waals surface area contributed by atoms with E-state index in [1.807, 2.05) is 59.2 Å². The van der Waals surface area contributed by atoms with Crippen LogP contribution in [0.1, 0.15) is 0 Å². The first-order chi connectivity index (χ1) is 15.5. The van der Waals surface area contributed by atoms with Crippen LogP contribution in [0.2, 0.25) is 5.02 Å². The molecule has 9 heteroatoms. The molecule has 1 aromatic heterocycles. The van der Waals surface area contributed by atoms with Crippen molar-refractivity contribution in [1.82, 2.24) is 14.8 Å². The zero-order valence-electron chi connectivity index (χ0n) is 17.0. The Kier molecular flexibility index (Phi) is 6.72. The van der Waals surface area contributed by atoms with Crippen molar-refractivity contribution in [3.63, 3.8) is 0 Å². The number of thioether (sulfide) groups is 1. The zero-order valence-corrected chi connectivity index (χ0v) is 18.5. The largest absolute Gasteiger partial charge is 0.497 e. The van der Waals surface area contributed by atoms with Gasteiger partial charge >= 0.3 is 0 Å². The summed E-state index contributed by atoms with van der Waals surface area (Å²) >= 11 is 7.23. The molecule has 6 nitrogen and oxygen atoms in total. The van der Waals surface area contributed by atoms with E-state index in [1.165, 1.54) is 23.9 Å². The number of hydrogen-bond acceptors (Lipinski definition) is 5. The maximum absolute atomic E-state index is 13.2. The van der Waals surface area contributed by atoms with Gasteiger partial charge in [0.1, 0.15) is 11.6 Å². The average Bonchev–Trinajstić information content (AvgIpc) is 3.24. The minimum atomic E-state index is -0.469. The molecular weight excluding hydrogens is 451 g/mol. The van der Waals surface area contributed by atoms with Gasteiger partial charge in [-0.3, -0.25) is 9.36 Å². The van der Waals surface area contributed by atoms with Crippen LogP contribution in [0.15, 0.2) is 78.0 Å². The topological polar surface area (TPSA) is 69.0 Å². The summed E-state index contributed by atoms with van der Waals surface area (Å²) in [6.07, 6.45) is 0. The third kappa shape index (κ3) is 4.92. The second-order valence-electron chi connectivity index (χ2n) is 6.67. The molecule has 0 aliphatic carbocycles. The summed E-state index contributed by atoms with van der Waals surface area (Å²) in [6, 6.07) is 21.0. The van der Waals surface area contributed by atoms with Crippen molar-refractivity contribution in [3.8, 4) is 22.8 Å². The number of carbonyl (C=O) groups excluding carboxylic acids is 1. The SMILES string of the molecule is COc1ccc(-n2c(SCC(=O)Nc3ccc(F)cc3Cl)nnc2-c2ccccc2)cc1. The summed E-state index contributed by atoms with van der Waals surface area (Å²) in [7, 11) is 1.61. The fourth-order valence-electron chi connectivity index (χ4n) is 3.01. The quantitative estimate of drug-likeness (QED) is 0.364. The average molecular weight is 469 g/mol. The first-order valence-corrected chi connectivity index (χ1v) is 10.9. The first-order valence-electron chi connectivity index (χ1n) is 9.58. The molecule has 0 aliphatic heterocycles. The van der Waals surface area contributed by atoms with Crippen LogP contribution < -0.4 is 10.1 Å². The standard InChI is InChI=1S/C23H18ClFN4O2S/c1-31-18-10-8-17(9-11-18)29-22(15-5-3-2-4-6-15)27-28-23(29)32-14-21(30)26-20-12-7-16(25)13-19(20)24/h2-13H,14H2,1H3,(H,26,30). The highest BCUT2D eigenvalue weighted by molar-refractivity contribution is 7.99. The summed E-state index contributed by atoms with van der Waals surface area (Å²) in [4.78, 5) is 12.5. The zero-order chi connectivity index (χ0) is 22.5. The predicted molar refractivity (Wildman–Crippen MR) is 124 cm³/mol. The van der Waals surface area contributed by atoms with Gasteiger partial charge in [-0.15, -0.1) is 10.2 Å². The Labute approximate surface area is 193 Å². The van der Waals surface area contributed by atoms with Crippen LogP contribution in [-0.4, -0.2) is 33.5 Å². The molecule has 0 fully saturated rings. The molecule has 0 aliphatic rings. The molecule has 0 unspecified atom stereocenters. The number of nitrogens with zero attached hydrogens (tertiary/aromatic N) is 3. The number of rotatable bonds is 7. The molecule has 0 saturated heterocycles. The second kappa shape index (κ2) is 9.84. The van der Waals surface area contributed by atoms with Gasteiger partial charge in [-0.1, -0.05) is 53.7 Å². The highest BCUT2D eigenvalue weighted by atomic mass is 35.5. The second-order valence-corrected chi connectivity index (χ2v) is 8.02. The number of anilines is 1. The van der Waals surface area contributed by atoms with E-state index in [-0.39, 0.29) is 16.7 Å². The Hall–Kier alpha value is -3.36. The maximum Gasteiger partial charge on any atom is 0.234 e. The van der Waals surface area contributed by atoms with Crippen LogP contribution in [0.3, 0.4) is 0 Å². The van der Waals surface area contributed by atoms with Gasteiger partial charge in [0, 0.05) is 11.3 Å². The third-order valence-electron chi connectivity index (χ3n) is 4.53. The molecule has 1 heterocycles. The lowest BCUT2D eigenvalue weighted by Gasteiger charge is -2.11. The normalized spacial score (nSPS) is 10.7. The lowest BCUT2D eigenvalue weighted by molar-refractivity contribution is -0.113. The summed E-state index contributed by atoms with van der Waals surface area (Å²) in [5.41, 5.74) is 2.07. The van der Waals surface area contributed by atoms with Crippen molar-refractivity contribution in [2.24, 2.45) is 0 Å². The highest BCUT2D eigenvalue weighted by Crippen LogP contribution is 2.29. The van der Waals surface area contributed by atoms with E-state index < -0.39 is 5.82 Å². The van der Waals surface area contributed by atoms with Crippen LogP contribution in [-0.2, 0) is 4.79 Å². The summed E-state index contributed by atoms with van der Waals surface area (Å²) < 4.78 is 20.4. The predicted octanol–water partition coefficient (Wildman–Crippen LogP) is 5.47. The molecule has 0 radical (unpaired) electrons. The van der Waals surface area contributed by atoms with E-state index in [1.54, 1.807) is 7.11 Å². The molecule has 0 bridgehead atoms. The number of nitrogens with one attached hydrogen (secondary N) is 1. The van der Waals surface area contributed by atoms with Gasteiger partial charge < -0.3 is 10.1 Å². The third-order valence-corrected chi connectivity index (χ3v) is 5.78. The summed E-state index contributed by atoms with van der Waals surface area (Å²) in [5.74, 6) is 0.683. The Morgan fingerprint density at radius 3 is 2.53 bits per heavy atom. The van der Waals surface area contributed by atoms with E-state index >= 15 is 0 Å². The Morgan fingerprint density at radius 2 is 1.84 bits per heavy atom. The van der Waals surface area contributed by atoms with Crippen molar-refractivity contribution >= 4 is 35.0 Å². The van der Waals surface area contributed by atoms with Crippen molar-refractivity contribution in [2.75, 3.05) is 18.2 Å². The number of aromatic nitrogens is 3. The lowest BCUT2D eigenvalue weighted by atomic mass is 10.2. The smallest absolute Gasteiger partial charge is 0.234 e. The van der Waals surface area contributed by atoms with E-state index in [4.69, 9.17) is 16.3 Å². The van der Waals surface area contributed by atoms with Gasteiger partial charge in [-0.2, -0.15) is 0 Å². The Morgan fingerprint density at radius 1 is 1.09 bits per heavy atom. The number of halogens is 2. The molecule has 4 rings (SSSR count). The highest BCUT2D eigenvalue weighted by Gasteiger charge is 2.18. The molecule has 4 aromatic rings. The molecule has 0 spiro atoms. The van der Waals surface area contributed by atoms with Crippen molar-refractivity contribution < 1.29 is 13.9 Å². The molecular formula is C23H18ClFN4O2S. The molecule has 0 saturated carbocycles. The Bertz CT molecular complexity index is 1230. The van der Waals surface area contributed by atoms with E-state index in [2.05, 4.69) is 15.5 Å². The van der Waals surface area contributed by atoms with Crippen LogP contribution in [0, 0.1) is 5.82 Å². The number of ether oxygens (including phenoxy) is 1. The van der Waals surface area contributed by atoms with Crippen molar-refractivity contribution in [3.05, 3.63) is 83.6 Å². The van der Waals surface area contributed by atoms with Crippen molar-refractivity contribution in [2.45, 2.75) is 5.16 Å². The van der Waals surface area contributed by atoms with E-state index in [0.29, 0.717) is 16.7 Å². The fraction of sp³-hybridized carbons (Fsp3) is 0.0870. The minimum absolute atomic E-state index is 0.0663. The molecule has 1 amide bonds. The minimum Gasteiger partial charge on any atom is -0.497 e. The van der Waals surface area contributed by atoms with Crippen LogP contribution >= 0.6 is 23.4 Å². The number of methoxy groups -OCH3 is 1. The van der Waals surface area contributed by atoms with Gasteiger partial charge in [-0.25, -0.2) is 4.39 Å². The fourth-order valence-corrected chi connectivity index (χ4v) is 3.98. The van der Waals surface area contributed by atoms with Gasteiger partial charge in [-0.05, 0) is 42.5 Å². The maximum atomic E-state index is 13.2. The van der Waals surface area contributed by atoms with E-state index in [0.717, 1.165) is 23.1 Å². The van der Waals surface area contributed by atoms with Crippen LogP contribution in [0.5, 0.6) is 5.75 Å². The lowest BCUT2D eigenvalue weighted by Crippen LogP contribution is -2.15. The summed E-state index contributed by atoms with van der Waals surface area (Å²) in [6.45, 7) is 0. The number of carbonyl (C=O) groups is 1. The summed E-state index contributed by atoms with van der Waals surface area (Å²) in [5, 5.41) is 12.0. The molecule has 3 aromatic carbocycles. The van der Waals surface area contributed by atoms with Crippen LogP contribution in [0.25, 0.3) is 17.1 Å². The van der Waals surface area contributed by atoms with Crippen LogP contribution in [0.4, 0.5) is 10.1 Å². The van der Waals surface area contributed by atoms with E-state index in [9.17, 15) is 9.18 Å². The van der Waals surface area contributed by atoms with Crippen molar-refractivity contribution in [1.29, 1.82) is 0 Å². The van der Waals surface area contributed by atoms with Gasteiger partial charge in [0.2, 0.25) is 5.91 Å². The Balaban J connectivity index is 1.59. The molecule has 0 atom stereocenters. The van der Waals surface area contributed by atoms with Gasteiger partial charge in [0.25, 0.3) is 0 Å². The number of hydrogen-bond donors (Lipinski definition) is 1. The molecule has 162 valence electrons. The molecule has 1 N–H and O–H groups in total. The number of benzene rings is 3. The number of amides is 1. The monoisotopic (exact) mass is 468 g/mol. The molecule has 32 heavy (non-hydrogen) atoms. The van der Waals surface area contributed by atoms with Gasteiger partial charge in [0.15, 0.2) is 11.0 Å². The van der Waals surface area contributed by atoms with Gasteiger partial charge in [0.05, 0.1) is 23.6 Å².